The van der Waals surface area contributed by atoms with E-state index in [2.05, 4.69) is 0 Å². The summed E-state index contributed by atoms with van der Waals surface area (Å²) in [5.74, 6) is -0.152. The van der Waals surface area contributed by atoms with Crippen LogP contribution in [0.4, 0.5) is 0 Å². The molecule has 24 heavy (non-hydrogen) atoms. The summed E-state index contributed by atoms with van der Waals surface area (Å²) in [7, 11) is -1.47. The first-order valence-electron chi connectivity index (χ1n) is 7.96. The van der Waals surface area contributed by atoms with Gasteiger partial charge in [-0.15, -0.1) is 0 Å². The summed E-state index contributed by atoms with van der Waals surface area (Å²) in [5.41, 5.74) is 2.35. The lowest BCUT2D eigenvalue weighted by molar-refractivity contribution is 0.0737. The van der Waals surface area contributed by atoms with Crippen molar-refractivity contribution < 1.29 is 17.6 Å². The molecule has 3 rings (SSSR count). The van der Waals surface area contributed by atoms with Crippen molar-refractivity contribution in [2.24, 2.45) is 0 Å². The normalized spacial score (nSPS) is 20.9. The van der Waals surface area contributed by atoms with E-state index in [1.165, 1.54) is 6.26 Å². The van der Waals surface area contributed by atoms with Gasteiger partial charge in [0.05, 0.1) is 17.8 Å². The maximum atomic E-state index is 12.8. The number of nitrogens with zero attached hydrogens (tertiary/aromatic N) is 1. The van der Waals surface area contributed by atoms with Crippen LogP contribution in [0.15, 0.2) is 47.3 Å². The first-order valence-corrected chi connectivity index (χ1v) is 9.92. The Hall–Kier alpha value is -2.08. The Kier molecular flexibility index (Phi) is 4.49. The van der Waals surface area contributed by atoms with Gasteiger partial charge in [-0.05, 0) is 43.0 Å². The minimum absolute atomic E-state index is 0.152. The molecular formula is C18H21NO4S. The second-order valence-corrected chi connectivity index (χ2v) is 8.64. The van der Waals surface area contributed by atoms with Gasteiger partial charge in [0.15, 0.2) is 9.84 Å². The van der Waals surface area contributed by atoms with Gasteiger partial charge in [0.2, 0.25) is 0 Å². The molecule has 0 unspecified atom stereocenters. The standard InChI is InChI=1S/C18H21NO4S/c1-19(16-7-4-8-17(16)24(2,21)22)18(20)14-6-3-5-13(11-14)15-9-10-23-12-15/h3,5-6,9-12,16-17H,4,7-8H2,1-2H3/t16-,17+/m0/s1. The van der Waals surface area contributed by atoms with Crippen LogP contribution in [0, 0.1) is 0 Å². The van der Waals surface area contributed by atoms with Crippen LogP contribution in [0.5, 0.6) is 0 Å². The zero-order valence-electron chi connectivity index (χ0n) is 13.8. The molecule has 0 bridgehead atoms. The maximum Gasteiger partial charge on any atom is 0.253 e. The largest absolute Gasteiger partial charge is 0.472 e. The van der Waals surface area contributed by atoms with Gasteiger partial charge in [-0.3, -0.25) is 4.79 Å². The van der Waals surface area contributed by atoms with Crippen molar-refractivity contribution in [2.45, 2.75) is 30.6 Å². The van der Waals surface area contributed by atoms with Gasteiger partial charge >= 0.3 is 0 Å². The lowest BCUT2D eigenvalue weighted by atomic mass is 10.0. The first kappa shape index (κ1) is 16.8. The molecule has 1 aromatic carbocycles. The van der Waals surface area contributed by atoms with Crippen LogP contribution in [0.25, 0.3) is 11.1 Å². The highest BCUT2D eigenvalue weighted by atomic mass is 32.2. The second kappa shape index (κ2) is 6.43. The molecule has 2 aromatic rings. The Balaban J connectivity index is 1.85. The number of amides is 1. The number of carbonyl (C=O) groups excluding carboxylic acids is 1. The number of benzene rings is 1. The van der Waals surface area contributed by atoms with E-state index in [1.807, 2.05) is 24.3 Å². The number of sulfone groups is 1. The fourth-order valence-corrected chi connectivity index (χ4v) is 4.95. The second-order valence-electron chi connectivity index (χ2n) is 6.38. The van der Waals surface area contributed by atoms with Gasteiger partial charge in [-0.1, -0.05) is 12.1 Å². The average molecular weight is 347 g/mol. The number of hydrogen-bond acceptors (Lipinski definition) is 4. The van der Waals surface area contributed by atoms with E-state index in [-0.39, 0.29) is 11.9 Å². The molecule has 1 heterocycles. The van der Waals surface area contributed by atoms with E-state index in [1.54, 1.807) is 30.5 Å². The van der Waals surface area contributed by atoms with Crippen molar-refractivity contribution in [1.29, 1.82) is 0 Å². The Bertz CT molecular complexity index is 826. The molecule has 128 valence electrons. The summed E-state index contributed by atoms with van der Waals surface area (Å²) >= 11 is 0. The molecule has 0 saturated heterocycles. The fourth-order valence-electron chi connectivity index (χ4n) is 3.46. The fraction of sp³-hybridized carbons (Fsp3) is 0.389. The van der Waals surface area contributed by atoms with E-state index in [0.29, 0.717) is 12.0 Å². The topological polar surface area (TPSA) is 67.6 Å². The molecule has 0 radical (unpaired) electrons. The molecular weight excluding hydrogens is 326 g/mol. The van der Waals surface area contributed by atoms with Crippen LogP contribution in [0.2, 0.25) is 0 Å². The van der Waals surface area contributed by atoms with Gasteiger partial charge in [-0.25, -0.2) is 8.42 Å². The van der Waals surface area contributed by atoms with Gasteiger partial charge in [0, 0.05) is 30.5 Å². The smallest absolute Gasteiger partial charge is 0.253 e. The summed E-state index contributed by atoms with van der Waals surface area (Å²) in [6, 6.07) is 8.89. The SMILES string of the molecule is CN(C(=O)c1cccc(-c2ccoc2)c1)[C@H]1CCC[C@H]1S(C)(=O)=O. The first-order chi connectivity index (χ1) is 11.4. The molecule has 1 aromatic heterocycles. The highest BCUT2D eigenvalue weighted by Gasteiger charge is 2.38. The zero-order chi connectivity index (χ0) is 17.3. The van der Waals surface area contributed by atoms with E-state index in [0.717, 1.165) is 24.0 Å². The molecule has 5 nitrogen and oxygen atoms in total. The molecule has 1 saturated carbocycles. The van der Waals surface area contributed by atoms with E-state index in [4.69, 9.17) is 4.42 Å². The van der Waals surface area contributed by atoms with E-state index < -0.39 is 15.1 Å². The summed E-state index contributed by atoms with van der Waals surface area (Å²) in [5, 5.41) is -0.469. The maximum absolute atomic E-state index is 12.8. The number of carbonyl (C=O) groups is 1. The quantitative estimate of drug-likeness (QED) is 0.853. The average Bonchev–Trinajstić information content (AvgIpc) is 3.24. The Labute approximate surface area is 142 Å². The molecule has 0 aliphatic heterocycles. The van der Waals surface area contributed by atoms with Gasteiger partial charge in [0.25, 0.3) is 5.91 Å². The Morgan fingerprint density at radius 1 is 1.21 bits per heavy atom. The third-order valence-electron chi connectivity index (χ3n) is 4.75. The number of hydrogen-bond donors (Lipinski definition) is 0. The van der Waals surface area contributed by atoms with Crippen LogP contribution in [-0.2, 0) is 9.84 Å². The van der Waals surface area contributed by atoms with Crippen LogP contribution in [-0.4, -0.2) is 43.8 Å². The Morgan fingerprint density at radius 2 is 2.00 bits per heavy atom. The highest BCUT2D eigenvalue weighted by molar-refractivity contribution is 7.91. The third kappa shape index (κ3) is 3.24. The molecule has 1 amide bonds. The van der Waals surface area contributed by atoms with Crippen LogP contribution < -0.4 is 0 Å². The van der Waals surface area contributed by atoms with Gasteiger partial charge < -0.3 is 9.32 Å². The van der Waals surface area contributed by atoms with Crippen LogP contribution >= 0.6 is 0 Å². The van der Waals surface area contributed by atoms with E-state index in [9.17, 15) is 13.2 Å². The van der Waals surface area contributed by atoms with E-state index >= 15 is 0 Å². The zero-order valence-corrected chi connectivity index (χ0v) is 14.6. The predicted molar refractivity (Wildman–Crippen MR) is 92.5 cm³/mol. The van der Waals surface area contributed by atoms with Crippen molar-refractivity contribution in [3.63, 3.8) is 0 Å². The molecule has 1 aliphatic rings. The molecule has 1 aliphatic carbocycles. The molecule has 1 fully saturated rings. The monoisotopic (exact) mass is 347 g/mol. The lowest BCUT2D eigenvalue weighted by Gasteiger charge is -2.29. The summed E-state index contributed by atoms with van der Waals surface area (Å²) in [6.07, 6.45) is 6.65. The highest BCUT2D eigenvalue weighted by Crippen LogP contribution is 2.30. The number of rotatable bonds is 4. The summed E-state index contributed by atoms with van der Waals surface area (Å²) < 4.78 is 29.0. The third-order valence-corrected chi connectivity index (χ3v) is 6.40. The molecule has 0 N–H and O–H groups in total. The molecule has 0 spiro atoms. The van der Waals surface area contributed by atoms with Gasteiger partial charge in [-0.2, -0.15) is 0 Å². The van der Waals surface area contributed by atoms with Gasteiger partial charge in [0.1, 0.15) is 0 Å². The van der Waals surface area contributed by atoms with Crippen LogP contribution in [0.1, 0.15) is 29.6 Å². The minimum atomic E-state index is -3.16. The van der Waals surface area contributed by atoms with Crippen molar-refractivity contribution in [3.05, 3.63) is 48.4 Å². The van der Waals surface area contributed by atoms with Crippen molar-refractivity contribution in [2.75, 3.05) is 13.3 Å². The Morgan fingerprint density at radius 3 is 2.67 bits per heavy atom. The predicted octanol–water partition coefficient (Wildman–Crippen LogP) is 2.98. The summed E-state index contributed by atoms with van der Waals surface area (Å²) in [4.78, 5) is 14.4. The summed E-state index contributed by atoms with van der Waals surface area (Å²) in [6.45, 7) is 0. The number of furan rings is 1. The van der Waals surface area contributed by atoms with Crippen molar-refractivity contribution >= 4 is 15.7 Å². The molecule has 2 atom stereocenters. The minimum Gasteiger partial charge on any atom is -0.472 e. The van der Waals surface area contributed by atoms with Crippen LogP contribution in [0.3, 0.4) is 0 Å². The lowest BCUT2D eigenvalue weighted by Crippen LogP contribution is -2.44. The van der Waals surface area contributed by atoms with Crippen molar-refractivity contribution in [1.82, 2.24) is 4.90 Å². The molecule has 6 heteroatoms. The van der Waals surface area contributed by atoms with Crippen molar-refractivity contribution in [3.8, 4) is 11.1 Å².